The van der Waals surface area contributed by atoms with E-state index >= 15 is 0 Å². The van der Waals surface area contributed by atoms with Crippen molar-refractivity contribution in [1.29, 1.82) is 0 Å². The molecule has 0 unspecified atom stereocenters. The lowest BCUT2D eigenvalue weighted by molar-refractivity contribution is -0.135. The average Bonchev–Trinajstić information content (AvgIpc) is 2.97. The maximum Gasteiger partial charge on any atom is 0.254 e. The molecule has 0 N–H and O–H groups in total. The minimum Gasteiger partial charge on any atom is -0.493 e. The summed E-state index contributed by atoms with van der Waals surface area (Å²) >= 11 is 6.07. The number of methoxy groups -OCH3 is 2. The number of nitrogens with zero attached hydrogens (tertiary/aromatic N) is 3. The van der Waals surface area contributed by atoms with E-state index in [0.717, 1.165) is 30.8 Å². The van der Waals surface area contributed by atoms with Crippen LogP contribution >= 0.6 is 11.6 Å². The first-order valence-corrected chi connectivity index (χ1v) is 13.3. The Morgan fingerprint density at radius 2 is 1.55 bits per heavy atom. The predicted molar refractivity (Wildman–Crippen MR) is 146 cm³/mol. The molecule has 6 rings (SSSR count). The number of fused-ring (bicyclic) bond motifs is 4. The Bertz CT molecular complexity index is 1380. The van der Waals surface area contributed by atoms with Crippen molar-refractivity contribution in [2.24, 2.45) is 0 Å². The van der Waals surface area contributed by atoms with Crippen LogP contribution in [0.5, 0.6) is 11.5 Å². The van der Waals surface area contributed by atoms with Crippen molar-refractivity contribution in [3.8, 4) is 11.5 Å². The monoisotopic (exact) mass is 531 g/mol. The van der Waals surface area contributed by atoms with E-state index in [1.165, 1.54) is 5.56 Å². The fraction of sp³-hybridized carbons (Fsp3) is 0.333. The maximum absolute atomic E-state index is 14.4. The number of rotatable bonds is 4. The van der Waals surface area contributed by atoms with Crippen LogP contribution in [0.25, 0.3) is 0 Å². The van der Waals surface area contributed by atoms with Gasteiger partial charge in [0.15, 0.2) is 11.5 Å². The average molecular weight is 532 g/mol. The number of hydrogen-bond acceptors (Lipinski definition) is 5. The quantitative estimate of drug-likeness (QED) is 0.494. The lowest BCUT2D eigenvalue weighted by Gasteiger charge is -2.47. The zero-order chi connectivity index (χ0) is 26.4. The Morgan fingerprint density at radius 3 is 2.26 bits per heavy atom. The molecule has 0 bridgehead atoms. The number of benzene rings is 3. The van der Waals surface area contributed by atoms with Crippen molar-refractivity contribution in [3.63, 3.8) is 0 Å². The molecule has 0 saturated carbocycles. The van der Waals surface area contributed by atoms with Crippen LogP contribution in [0.2, 0.25) is 5.02 Å². The van der Waals surface area contributed by atoms with Gasteiger partial charge in [0.2, 0.25) is 5.91 Å². The molecule has 3 aromatic rings. The fourth-order valence-electron chi connectivity index (χ4n) is 6.15. The van der Waals surface area contributed by atoms with E-state index in [2.05, 4.69) is 17.0 Å². The molecule has 0 radical (unpaired) electrons. The molecule has 0 aromatic heterocycles. The van der Waals surface area contributed by atoms with Gasteiger partial charge in [-0.15, -0.1) is 0 Å². The van der Waals surface area contributed by atoms with Gasteiger partial charge in [-0.1, -0.05) is 35.9 Å². The van der Waals surface area contributed by atoms with Crippen molar-refractivity contribution in [2.75, 3.05) is 51.8 Å². The number of ether oxygens (including phenoxy) is 2. The number of amides is 2. The van der Waals surface area contributed by atoms with Gasteiger partial charge in [-0.2, -0.15) is 0 Å². The second-order valence-corrected chi connectivity index (χ2v) is 10.4. The largest absolute Gasteiger partial charge is 0.493 e. The number of carbonyl (C=O) groups is 2. The zero-order valence-electron chi connectivity index (χ0n) is 21.5. The van der Waals surface area contributed by atoms with Gasteiger partial charge in [0.25, 0.3) is 5.91 Å². The van der Waals surface area contributed by atoms with Gasteiger partial charge in [0.05, 0.1) is 26.2 Å². The second kappa shape index (κ2) is 9.87. The van der Waals surface area contributed by atoms with E-state index in [-0.39, 0.29) is 17.9 Å². The maximum atomic E-state index is 14.4. The molecule has 38 heavy (non-hydrogen) atoms. The van der Waals surface area contributed by atoms with Crippen molar-refractivity contribution in [2.45, 2.75) is 18.4 Å². The van der Waals surface area contributed by atoms with Crippen LogP contribution in [-0.4, -0.2) is 68.6 Å². The third-order valence-corrected chi connectivity index (χ3v) is 8.33. The van der Waals surface area contributed by atoms with Crippen molar-refractivity contribution in [1.82, 2.24) is 9.80 Å². The molecular formula is C30H30ClN3O4. The molecule has 2 atom stereocenters. The minimum absolute atomic E-state index is 0.0356. The minimum atomic E-state index is -0.536. The normalized spacial score (nSPS) is 20.4. The van der Waals surface area contributed by atoms with Gasteiger partial charge in [0, 0.05) is 49.0 Å². The Labute approximate surface area is 227 Å². The number of piperazine rings is 1. The molecule has 0 aliphatic carbocycles. The number of anilines is 1. The van der Waals surface area contributed by atoms with Gasteiger partial charge >= 0.3 is 0 Å². The lowest BCUT2D eigenvalue weighted by atomic mass is 9.75. The van der Waals surface area contributed by atoms with Gasteiger partial charge in [-0.25, -0.2) is 0 Å². The van der Waals surface area contributed by atoms with Gasteiger partial charge in [-0.3, -0.25) is 9.59 Å². The van der Waals surface area contributed by atoms with Gasteiger partial charge < -0.3 is 24.2 Å². The van der Waals surface area contributed by atoms with E-state index in [1.54, 1.807) is 20.3 Å². The van der Waals surface area contributed by atoms with Crippen LogP contribution in [0.3, 0.4) is 0 Å². The van der Waals surface area contributed by atoms with E-state index < -0.39 is 5.92 Å². The van der Waals surface area contributed by atoms with Crippen molar-refractivity contribution in [3.05, 3.63) is 87.9 Å². The summed E-state index contributed by atoms with van der Waals surface area (Å²) in [7, 11) is 3.13. The van der Waals surface area contributed by atoms with E-state index in [9.17, 15) is 9.59 Å². The number of carbonyl (C=O) groups excluding carboxylic acids is 2. The van der Waals surface area contributed by atoms with Crippen LogP contribution in [0.1, 0.15) is 39.0 Å². The molecule has 3 aliphatic heterocycles. The first-order chi connectivity index (χ1) is 18.5. The summed E-state index contributed by atoms with van der Waals surface area (Å²) in [6.45, 7) is 3.22. The predicted octanol–water partition coefficient (Wildman–Crippen LogP) is 4.54. The molecular weight excluding hydrogens is 502 g/mol. The Balaban J connectivity index is 1.38. The van der Waals surface area contributed by atoms with Crippen LogP contribution in [0.15, 0.2) is 60.7 Å². The van der Waals surface area contributed by atoms with Gasteiger partial charge in [0.1, 0.15) is 0 Å². The summed E-state index contributed by atoms with van der Waals surface area (Å²) in [5.41, 5.74) is 4.55. The molecule has 0 spiro atoms. The van der Waals surface area contributed by atoms with E-state index in [0.29, 0.717) is 47.3 Å². The summed E-state index contributed by atoms with van der Waals surface area (Å²) < 4.78 is 11.1. The third kappa shape index (κ3) is 4.06. The first kappa shape index (κ1) is 24.6. The number of hydrogen-bond donors (Lipinski definition) is 0. The standard InChI is InChI=1S/C30H30ClN3O4/c1-37-25-17-23-24(18-26(25)38-2)29(35)34-12-11-19-5-3-4-6-22(19)28(34)27(23)30(36)33-15-13-32(14-16-33)21-9-7-20(31)8-10-21/h3-10,17-18,27-28H,11-16H2,1-2H3/t27-,28-/m1/s1. The summed E-state index contributed by atoms with van der Waals surface area (Å²) in [5.74, 6) is 0.428. The summed E-state index contributed by atoms with van der Waals surface area (Å²) in [4.78, 5) is 34.3. The molecule has 1 fully saturated rings. The summed E-state index contributed by atoms with van der Waals surface area (Å²) in [6, 6.07) is 19.2. The molecule has 1 saturated heterocycles. The molecule has 2 amide bonds. The van der Waals surface area contributed by atoms with Crippen LogP contribution in [0.4, 0.5) is 5.69 Å². The Kier molecular flexibility index (Phi) is 6.40. The first-order valence-electron chi connectivity index (χ1n) is 12.9. The van der Waals surface area contributed by atoms with Crippen LogP contribution in [-0.2, 0) is 11.2 Å². The summed E-state index contributed by atoms with van der Waals surface area (Å²) in [5, 5.41) is 0.706. The topological polar surface area (TPSA) is 62.3 Å². The summed E-state index contributed by atoms with van der Waals surface area (Å²) in [6.07, 6.45) is 0.766. The highest BCUT2D eigenvalue weighted by molar-refractivity contribution is 6.30. The molecule has 8 heteroatoms. The highest BCUT2D eigenvalue weighted by atomic mass is 35.5. The Morgan fingerprint density at radius 1 is 0.868 bits per heavy atom. The van der Waals surface area contributed by atoms with Crippen LogP contribution in [0, 0.1) is 0 Å². The lowest BCUT2D eigenvalue weighted by Crippen LogP contribution is -2.54. The zero-order valence-corrected chi connectivity index (χ0v) is 22.3. The van der Waals surface area contributed by atoms with Gasteiger partial charge in [-0.05, 0) is 59.5 Å². The highest BCUT2D eigenvalue weighted by Crippen LogP contribution is 2.49. The highest BCUT2D eigenvalue weighted by Gasteiger charge is 2.48. The smallest absolute Gasteiger partial charge is 0.254 e. The fourth-order valence-corrected chi connectivity index (χ4v) is 6.28. The molecule has 3 aliphatic rings. The molecule has 3 heterocycles. The SMILES string of the molecule is COc1cc2c(cc1OC)[C@@H](C(=O)N1CCN(c3ccc(Cl)cc3)CC1)[C@H]1c3ccccc3CCN1C2=O. The molecule has 7 nitrogen and oxygen atoms in total. The van der Waals surface area contributed by atoms with Crippen molar-refractivity contribution < 1.29 is 19.1 Å². The number of halogens is 1. The molecule has 3 aromatic carbocycles. The third-order valence-electron chi connectivity index (χ3n) is 8.08. The molecule has 196 valence electrons. The van der Waals surface area contributed by atoms with Crippen LogP contribution < -0.4 is 14.4 Å². The Hall–Kier alpha value is -3.71. The van der Waals surface area contributed by atoms with Crippen molar-refractivity contribution >= 4 is 29.1 Å². The second-order valence-electron chi connectivity index (χ2n) is 9.95. The van der Waals surface area contributed by atoms with E-state index in [1.807, 2.05) is 52.3 Å². The van der Waals surface area contributed by atoms with E-state index in [4.69, 9.17) is 21.1 Å².